The van der Waals surface area contributed by atoms with Gasteiger partial charge in [0.05, 0.1) is 0 Å². The summed E-state index contributed by atoms with van der Waals surface area (Å²) in [5.74, 6) is 0.374. The summed E-state index contributed by atoms with van der Waals surface area (Å²) in [4.78, 5) is 42.6. The van der Waals surface area contributed by atoms with E-state index in [1.165, 1.54) is 25.7 Å². The molecule has 36 heavy (non-hydrogen) atoms. The van der Waals surface area contributed by atoms with E-state index < -0.39 is 23.9 Å². The van der Waals surface area contributed by atoms with Crippen LogP contribution in [0.25, 0.3) is 0 Å². The summed E-state index contributed by atoms with van der Waals surface area (Å²) in [5.41, 5.74) is 17.3. The van der Waals surface area contributed by atoms with Gasteiger partial charge >= 0.3 is 0 Å². The Bertz CT molecular complexity index is 905. The van der Waals surface area contributed by atoms with Crippen molar-refractivity contribution in [2.75, 3.05) is 6.54 Å². The topological polar surface area (TPSA) is 166 Å². The molecule has 0 heterocycles. The first-order valence-corrected chi connectivity index (χ1v) is 13.2. The molecule has 8 N–H and O–H groups in total. The third-order valence-corrected chi connectivity index (χ3v) is 7.81. The maximum absolute atomic E-state index is 13.3. The highest BCUT2D eigenvalue weighted by Crippen LogP contribution is 2.44. The smallest absolute Gasteiger partial charge is 0.243 e. The summed E-state index contributed by atoms with van der Waals surface area (Å²) in [7, 11) is 0. The number of fused-ring (bicyclic) bond motifs is 2. The molecule has 3 rings (SSSR count). The highest BCUT2D eigenvalue weighted by atomic mass is 16.2. The number of hydrogen-bond donors (Lipinski definition) is 5. The van der Waals surface area contributed by atoms with Gasteiger partial charge < -0.3 is 27.8 Å². The van der Waals surface area contributed by atoms with Crippen LogP contribution in [-0.2, 0) is 20.8 Å². The Kier molecular flexibility index (Phi) is 10.1. The van der Waals surface area contributed by atoms with Gasteiger partial charge in [0.25, 0.3) is 0 Å². The lowest BCUT2D eigenvalue weighted by Gasteiger charge is -2.41. The molecule has 0 aromatic heterocycles. The van der Waals surface area contributed by atoms with Crippen LogP contribution in [-0.4, -0.2) is 42.3 Å². The van der Waals surface area contributed by atoms with Gasteiger partial charge in [0.2, 0.25) is 17.7 Å². The number of hydrogen-bond acceptors (Lipinski definition) is 4. The van der Waals surface area contributed by atoms with Crippen molar-refractivity contribution in [2.45, 2.75) is 76.8 Å². The van der Waals surface area contributed by atoms with Crippen molar-refractivity contribution >= 4 is 23.7 Å². The molecule has 0 aliphatic heterocycles. The summed E-state index contributed by atoms with van der Waals surface area (Å²) in [6, 6.07) is 7.66. The number of carbonyl (C=O) groups is 3. The minimum absolute atomic E-state index is 0.0202. The SMILES string of the molecule is C[C@@H](C(=O)N[C@@H](CCCN=C(N)N)C(=O)N[C@@H](Cc1ccccc1)C(N)=O)C1C[C@H]2CCC[C@@H](C1)C2. The van der Waals surface area contributed by atoms with Crippen LogP contribution >= 0.6 is 0 Å². The maximum atomic E-state index is 13.3. The van der Waals surface area contributed by atoms with Gasteiger partial charge in [-0.25, -0.2) is 0 Å². The molecule has 6 atom stereocenters. The molecule has 2 aliphatic rings. The second-order valence-corrected chi connectivity index (χ2v) is 10.6. The monoisotopic (exact) mass is 498 g/mol. The van der Waals surface area contributed by atoms with Gasteiger partial charge in [0.15, 0.2) is 5.96 Å². The van der Waals surface area contributed by atoms with Gasteiger partial charge in [-0.05, 0) is 55.4 Å². The molecule has 9 nitrogen and oxygen atoms in total. The van der Waals surface area contributed by atoms with Crippen LogP contribution < -0.4 is 27.8 Å². The molecule has 1 unspecified atom stereocenters. The average molecular weight is 499 g/mol. The van der Waals surface area contributed by atoms with E-state index in [0.29, 0.717) is 37.1 Å². The lowest BCUT2D eigenvalue weighted by atomic mass is 9.65. The van der Waals surface area contributed by atoms with E-state index >= 15 is 0 Å². The van der Waals surface area contributed by atoms with Crippen LogP contribution in [0, 0.1) is 23.7 Å². The Labute approximate surface area is 214 Å². The fourth-order valence-electron chi connectivity index (χ4n) is 5.83. The van der Waals surface area contributed by atoms with Gasteiger partial charge in [0.1, 0.15) is 12.1 Å². The lowest BCUT2D eigenvalue weighted by molar-refractivity contribution is -0.134. The second-order valence-electron chi connectivity index (χ2n) is 10.6. The number of primary amides is 1. The number of aliphatic imine (C=N–C) groups is 1. The summed E-state index contributed by atoms with van der Waals surface area (Å²) < 4.78 is 0. The van der Waals surface area contributed by atoms with Crippen LogP contribution in [0.4, 0.5) is 0 Å². The number of nitrogens with two attached hydrogens (primary N) is 3. The number of rotatable bonds is 12. The van der Waals surface area contributed by atoms with Crippen molar-refractivity contribution in [3.05, 3.63) is 35.9 Å². The molecular formula is C27H42N6O3. The number of benzene rings is 1. The molecule has 198 valence electrons. The van der Waals surface area contributed by atoms with Crippen molar-refractivity contribution < 1.29 is 14.4 Å². The van der Waals surface area contributed by atoms with Crippen LogP contribution in [0.5, 0.6) is 0 Å². The average Bonchev–Trinajstić information content (AvgIpc) is 2.84. The quantitative estimate of drug-likeness (QED) is 0.167. The number of amides is 3. The van der Waals surface area contributed by atoms with Gasteiger partial charge in [0, 0.05) is 18.9 Å². The van der Waals surface area contributed by atoms with Crippen LogP contribution in [0.1, 0.15) is 63.9 Å². The van der Waals surface area contributed by atoms with Gasteiger partial charge in [-0.2, -0.15) is 0 Å². The molecule has 2 fully saturated rings. The fraction of sp³-hybridized carbons (Fsp3) is 0.630. The lowest BCUT2D eigenvalue weighted by Crippen LogP contribution is -2.54. The fourth-order valence-corrected chi connectivity index (χ4v) is 5.83. The molecule has 9 heteroatoms. The van der Waals surface area contributed by atoms with E-state index in [9.17, 15) is 14.4 Å². The second kappa shape index (κ2) is 13.3. The van der Waals surface area contributed by atoms with E-state index in [2.05, 4.69) is 15.6 Å². The molecule has 2 aliphatic carbocycles. The maximum Gasteiger partial charge on any atom is 0.243 e. The third kappa shape index (κ3) is 8.24. The van der Waals surface area contributed by atoms with Gasteiger partial charge in [-0.15, -0.1) is 0 Å². The number of carbonyl (C=O) groups excluding carboxylic acids is 3. The standard InChI is InChI=1S/C27H42N6O3/c1-17(21-14-19-9-5-10-20(13-19)15-21)25(35)32-22(11-6-12-31-27(29)30)26(36)33-23(24(28)34)16-18-7-3-2-4-8-18/h2-4,7-8,17,19-23H,5-6,9-16H2,1H3,(H2,28,34)(H,32,35)(H,33,36)(H4,29,30,31)/t17-,19-,20+,21?,22+,23+/m1/s1. The Morgan fingerprint density at radius 1 is 0.944 bits per heavy atom. The van der Waals surface area contributed by atoms with Crippen molar-refractivity contribution in [3.8, 4) is 0 Å². The Morgan fingerprint density at radius 3 is 2.19 bits per heavy atom. The summed E-state index contributed by atoms with van der Waals surface area (Å²) in [5, 5.41) is 5.72. The molecule has 0 saturated heterocycles. The molecule has 2 bridgehead atoms. The normalized spacial score (nSPS) is 23.5. The molecule has 0 spiro atoms. The van der Waals surface area contributed by atoms with Crippen molar-refractivity contribution in [3.63, 3.8) is 0 Å². The predicted molar refractivity (Wildman–Crippen MR) is 140 cm³/mol. The molecule has 3 amide bonds. The number of nitrogens with zero attached hydrogens (tertiary/aromatic N) is 1. The van der Waals surface area contributed by atoms with Crippen LogP contribution in [0.15, 0.2) is 35.3 Å². The number of guanidine groups is 1. The van der Waals surface area contributed by atoms with Gasteiger partial charge in [-0.3, -0.25) is 19.4 Å². The third-order valence-electron chi connectivity index (χ3n) is 7.81. The van der Waals surface area contributed by atoms with Crippen LogP contribution in [0.3, 0.4) is 0 Å². The van der Waals surface area contributed by atoms with Crippen LogP contribution in [0.2, 0.25) is 0 Å². The van der Waals surface area contributed by atoms with E-state index in [1.807, 2.05) is 37.3 Å². The van der Waals surface area contributed by atoms with Gasteiger partial charge in [-0.1, -0.05) is 56.5 Å². The summed E-state index contributed by atoms with van der Waals surface area (Å²) in [6.45, 7) is 2.31. The Balaban J connectivity index is 1.65. The summed E-state index contributed by atoms with van der Waals surface area (Å²) >= 11 is 0. The first-order valence-electron chi connectivity index (χ1n) is 13.2. The molecule has 2 saturated carbocycles. The molecule has 1 aromatic carbocycles. The van der Waals surface area contributed by atoms with E-state index in [-0.39, 0.29) is 24.2 Å². The molecular weight excluding hydrogens is 456 g/mol. The Hall–Kier alpha value is -3.10. The zero-order valence-electron chi connectivity index (χ0n) is 21.3. The first-order chi connectivity index (χ1) is 17.2. The Morgan fingerprint density at radius 2 is 1.58 bits per heavy atom. The first kappa shape index (κ1) is 27.5. The van der Waals surface area contributed by atoms with Crippen molar-refractivity contribution in [2.24, 2.45) is 45.9 Å². The van der Waals surface area contributed by atoms with E-state index in [0.717, 1.165) is 18.4 Å². The zero-order chi connectivity index (χ0) is 26.1. The summed E-state index contributed by atoms with van der Waals surface area (Å²) in [6.07, 6.45) is 8.37. The zero-order valence-corrected chi connectivity index (χ0v) is 21.3. The highest BCUT2D eigenvalue weighted by molar-refractivity contribution is 5.92. The van der Waals surface area contributed by atoms with E-state index in [1.54, 1.807) is 0 Å². The minimum atomic E-state index is -0.882. The minimum Gasteiger partial charge on any atom is -0.370 e. The molecule has 1 aromatic rings. The van der Waals surface area contributed by atoms with E-state index in [4.69, 9.17) is 17.2 Å². The highest BCUT2D eigenvalue weighted by Gasteiger charge is 2.37. The molecule has 0 radical (unpaired) electrons. The van der Waals surface area contributed by atoms with Crippen molar-refractivity contribution in [1.29, 1.82) is 0 Å². The predicted octanol–water partition coefficient (Wildman–Crippen LogP) is 1.59. The largest absolute Gasteiger partial charge is 0.370 e. The number of nitrogens with one attached hydrogen (secondary N) is 2. The van der Waals surface area contributed by atoms with Crippen molar-refractivity contribution in [1.82, 2.24) is 10.6 Å².